The lowest BCUT2D eigenvalue weighted by molar-refractivity contribution is -0.384. The quantitative estimate of drug-likeness (QED) is 0.337. The molecular formula is C24H15ClN2O4. The number of imide groups is 1. The van der Waals surface area contributed by atoms with Crippen molar-refractivity contribution in [2.45, 2.75) is 11.8 Å². The maximum absolute atomic E-state index is 13.6. The van der Waals surface area contributed by atoms with Crippen LogP contribution in [0.15, 0.2) is 66.7 Å². The summed E-state index contributed by atoms with van der Waals surface area (Å²) in [4.78, 5) is 39.1. The van der Waals surface area contributed by atoms with Gasteiger partial charge in [0.05, 0.1) is 22.4 Å². The molecule has 0 saturated carbocycles. The Morgan fingerprint density at radius 3 is 1.65 bits per heavy atom. The van der Waals surface area contributed by atoms with Crippen LogP contribution in [0, 0.1) is 22.0 Å². The van der Waals surface area contributed by atoms with Gasteiger partial charge in [-0.3, -0.25) is 19.7 Å². The van der Waals surface area contributed by atoms with Gasteiger partial charge in [-0.1, -0.05) is 60.1 Å². The molecule has 1 saturated heterocycles. The van der Waals surface area contributed by atoms with Gasteiger partial charge in [0.2, 0.25) is 11.8 Å². The SMILES string of the molecule is O=C1[C@@H]2C3c4ccccc4C(c4ccccc43)[C@@H]2C(=O)N1c1ccc(Cl)c([N+](=O)[O-])c1. The average molecular weight is 431 g/mol. The Balaban J connectivity index is 1.54. The Bertz CT molecular complexity index is 1200. The van der Waals surface area contributed by atoms with Crippen LogP contribution in [0.25, 0.3) is 0 Å². The number of hydrogen-bond acceptors (Lipinski definition) is 4. The Hall–Kier alpha value is -3.51. The molecule has 0 unspecified atom stereocenters. The summed E-state index contributed by atoms with van der Waals surface area (Å²) in [5, 5.41) is 11.3. The first-order chi connectivity index (χ1) is 15.0. The molecule has 0 spiro atoms. The first kappa shape index (κ1) is 18.3. The van der Waals surface area contributed by atoms with Crippen LogP contribution in [0.5, 0.6) is 0 Å². The molecule has 1 heterocycles. The number of anilines is 1. The van der Waals surface area contributed by atoms with Gasteiger partial charge in [-0.2, -0.15) is 0 Å². The molecule has 7 rings (SSSR count). The van der Waals surface area contributed by atoms with E-state index in [4.69, 9.17) is 11.6 Å². The molecule has 0 aromatic heterocycles. The fourth-order valence-corrected chi connectivity index (χ4v) is 5.90. The summed E-state index contributed by atoms with van der Waals surface area (Å²) in [5.74, 6) is -2.12. The van der Waals surface area contributed by atoms with E-state index in [0.717, 1.165) is 27.2 Å². The van der Waals surface area contributed by atoms with Crippen LogP contribution in [0.3, 0.4) is 0 Å². The van der Waals surface area contributed by atoms with Gasteiger partial charge in [-0.15, -0.1) is 0 Å². The number of nitrogens with zero attached hydrogens (tertiary/aromatic N) is 2. The summed E-state index contributed by atoms with van der Waals surface area (Å²) in [7, 11) is 0. The van der Waals surface area contributed by atoms with Gasteiger partial charge in [0.1, 0.15) is 5.02 Å². The van der Waals surface area contributed by atoms with Gasteiger partial charge < -0.3 is 0 Å². The fraction of sp³-hybridized carbons (Fsp3) is 0.167. The second-order valence-corrected chi connectivity index (χ2v) is 8.58. The lowest BCUT2D eigenvalue weighted by Gasteiger charge is -2.45. The minimum atomic E-state index is -0.612. The monoisotopic (exact) mass is 430 g/mol. The zero-order chi connectivity index (χ0) is 21.4. The molecule has 0 radical (unpaired) electrons. The molecule has 1 fully saturated rings. The summed E-state index contributed by atoms with van der Waals surface area (Å²) < 4.78 is 0. The van der Waals surface area contributed by atoms with E-state index in [1.165, 1.54) is 18.2 Å². The molecule has 6 nitrogen and oxygen atoms in total. The Morgan fingerprint density at radius 1 is 0.774 bits per heavy atom. The summed E-state index contributed by atoms with van der Waals surface area (Å²) in [5.41, 5.74) is 4.18. The van der Waals surface area contributed by atoms with E-state index in [0.29, 0.717) is 0 Å². The first-order valence-electron chi connectivity index (χ1n) is 9.98. The highest BCUT2D eigenvalue weighted by atomic mass is 35.5. The minimum Gasteiger partial charge on any atom is -0.274 e. The van der Waals surface area contributed by atoms with Crippen molar-refractivity contribution >= 4 is 34.8 Å². The van der Waals surface area contributed by atoms with Gasteiger partial charge in [-0.05, 0) is 34.4 Å². The van der Waals surface area contributed by atoms with Crippen LogP contribution in [0.1, 0.15) is 34.1 Å². The largest absolute Gasteiger partial charge is 0.289 e. The highest BCUT2D eigenvalue weighted by Gasteiger charge is 2.61. The molecule has 31 heavy (non-hydrogen) atoms. The molecule has 2 bridgehead atoms. The molecule has 7 heteroatoms. The van der Waals surface area contributed by atoms with Crippen molar-refractivity contribution in [3.8, 4) is 0 Å². The van der Waals surface area contributed by atoms with Crippen molar-refractivity contribution in [1.82, 2.24) is 0 Å². The Kier molecular flexibility index (Phi) is 3.68. The number of nitro benzene ring substituents is 1. The minimum absolute atomic E-state index is 0.0369. The molecule has 4 aliphatic rings. The zero-order valence-corrected chi connectivity index (χ0v) is 16.8. The smallest absolute Gasteiger partial charge is 0.274 e. The number of rotatable bonds is 2. The normalized spacial score (nSPS) is 25.3. The number of hydrogen-bond donors (Lipinski definition) is 0. The molecule has 3 aromatic carbocycles. The van der Waals surface area contributed by atoms with Crippen molar-refractivity contribution in [3.63, 3.8) is 0 Å². The van der Waals surface area contributed by atoms with Crippen LogP contribution < -0.4 is 4.90 Å². The molecule has 0 N–H and O–H groups in total. The third kappa shape index (κ3) is 2.28. The molecule has 2 atom stereocenters. The highest BCUT2D eigenvalue weighted by molar-refractivity contribution is 6.33. The van der Waals surface area contributed by atoms with Crippen molar-refractivity contribution < 1.29 is 14.5 Å². The van der Waals surface area contributed by atoms with E-state index >= 15 is 0 Å². The lowest BCUT2D eigenvalue weighted by Crippen LogP contribution is -2.41. The second kappa shape index (κ2) is 6.25. The number of benzene rings is 3. The molecule has 3 aromatic rings. The molecule has 1 aliphatic heterocycles. The molecule has 2 amide bonds. The van der Waals surface area contributed by atoms with Crippen LogP contribution in [0.4, 0.5) is 11.4 Å². The van der Waals surface area contributed by atoms with Crippen molar-refractivity contribution in [2.24, 2.45) is 11.8 Å². The number of nitro groups is 1. The molecule has 152 valence electrons. The van der Waals surface area contributed by atoms with E-state index in [1.54, 1.807) is 0 Å². The number of carbonyl (C=O) groups excluding carboxylic acids is 2. The van der Waals surface area contributed by atoms with Gasteiger partial charge >= 0.3 is 0 Å². The van der Waals surface area contributed by atoms with E-state index in [1.807, 2.05) is 48.5 Å². The highest BCUT2D eigenvalue weighted by Crippen LogP contribution is 2.61. The van der Waals surface area contributed by atoms with Crippen LogP contribution in [0.2, 0.25) is 5.02 Å². The average Bonchev–Trinajstić information content (AvgIpc) is 3.05. The zero-order valence-electron chi connectivity index (χ0n) is 16.1. The fourth-order valence-electron chi connectivity index (χ4n) is 5.71. The van der Waals surface area contributed by atoms with Crippen LogP contribution >= 0.6 is 11.6 Å². The van der Waals surface area contributed by atoms with Gasteiger partial charge in [0.15, 0.2) is 0 Å². The lowest BCUT2D eigenvalue weighted by atomic mass is 9.55. The van der Waals surface area contributed by atoms with Crippen LogP contribution in [-0.2, 0) is 9.59 Å². The first-order valence-corrected chi connectivity index (χ1v) is 10.4. The maximum Gasteiger partial charge on any atom is 0.289 e. The van der Waals surface area contributed by atoms with E-state index in [2.05, 4.69) is 0 Å². The third-order valence-electron chi connectivity index (χ3n) is 6.83. The molecular weight excluding hydrogens is 416 g/mol. The van der Waals surface area contributed by atoms with Crippen molar-refractivity contribution in [1.29, 1.82) is 0 Å². The predicted octanol–water partition coefficient (Wildman–Crippen LogP) is 4.64. The maximum atomic E-state index is 13.6. The van der Waals surface area contributed by atoms with Crippen LogP contribution in [-0.4, -0.2) is 16.7 Å². The number of amides is 2. The van der Waals surface area contributed by atoms with E-state index in [-0.39, 0.29) is 40.0 Å². The van der Waals surface area contributed by atoms with E-state index < -0.39 is 16.8 Å². The van der Waals surface area contributed by atoms with Crippen molar-refractivity contribution in [2.75, 3.05) is 4.90 Å². The third-order valence-corrected chi connectivity index (χ3v) is 7.15. The topological polar surface area (TPSA) is 80.5 Å². The van der Waals surface area contributed by atoms with Gasteiger partial charge in [-0.25, -0.2) is 4.90 Å². The van der Waals surface area contributed by atoms with Gasteiger partial charge in [0.25, 0.3) is 5.69 Å². The van der Waals surface area contributed by atoms with E-state index in [9.17, 15) is 19.7 Å². The van der Waals surface area contributed by atoms with Gasteiger partial charge in [0, 0.05) is 17.9 Å². The molecule has 3 aliphatic carbocycles. The number of carbonyl (C=O) groups is 2. The predicted molar refractivity (Wildman–Crippen MR) is 114 cm³/mol. The summed E-state index contributed by atoms with van der Waals surface area (Å²) in [6, 6.07) is 20.0. The summed E-state index contributed by atoms with van der Waals surface area (Å²) in [6.07, 6.45) is 0. The second-order valence-electron chi connectivity index (χ2n) is 8.17. The summed E-state index contributed by atoms with van der Waals surface area (Å²) >= 11 is 5.94. The number of halogens is 1. The Labute approximate surface area is 182 Å². The van der Waals surface area contributed by atoms with Crippen molar-refractivity contribution in [3.05, 3.63) is 104 Å². The standard InChI is InChI=1S/C24H15ClN2O4/c25-17-10-9-12(11-18(17)27(30)31)26-23(28)21-19-13-5-1-2-6-14(13)20(22(21)24(26)29)16-8-4-3-7-15(16)19/h1-11,19-22H/t19?,20?,21-,22+. The Morgan fingerprint density at radius 2 is 1.23 bits per heavy atom. The summed E-state index contributed by atoms with van der Waals surface area (Å²) in [6.45, 7) is 0.